The van der Waals surface area contributed by atoms with Crippen molar-refractivity contribution in [1.82, 2.24) is 10.2 Å². The number of ether oxygens (including phenoxy) is 1. The van der Waals surface area contributed by atoms with Crippen molar-refractivity contribution < 1.29 is 4.74 Å². The highest BCUT2D eigenvalue weighted by atomic mass is 16.5. The summed E-state index contributed by atoms with van der Waals surface area (Å²) < 4.78 is 5.38. The quantitative estimate of drug-likeness (QED) is 0.592. The predicted molar refractivity (Wildman–Crippen MR) is 40.6 cm³/mol. The molecule has 1 aliphatic heterocycles. The van der Waals surface area contributed by atoms with E-state index in [1.165, 1.54) is 0 Å². The van der Waals surface area contributed by atoms with Crippen LogP contribution < -0.4 is 10.1 Å². The Kier molecular flexibility index (Phi) is 1.59. The average Bonchev–Trinajstić information content (AvgIpc) is 2.28. The highest BCUT2D eigenvalue weighted by Gasteiger charge is 2.06. The highest BCUT2D eigenvalue weighted by molar-refractivity contribution is 5.53. The van der Waals surface area contributed by atoms with Crippen LogP contribution in [0.5, 0.6) is 5.75 Å². The molecule has 1 aromatic rings. The molecule has 0 aliphatic carbocycles. The largest absolute Gasteiger partial charge is 0.490 e. The lowest BCUT2D eigenvalue weighted by Gasteiger charge is -2.03. The van der Waals surface area contributed by atoms with E-state index in [1.807, 2.05) is 0 Å². The smallest absolute Gasteiger partial charge is 0.164 e. The summed E-state index contributed by atoms with van der Waals surface area (Å²) >= 11 is 0. The number of fused-ring (bicyclic) bond motifs is 1. The summed E-state index contributed by atoms with van der Waals surface area (Å²) in [6.45, 7) is 1.70. The Morgan fingerprint density at radius 2 is 2.27 bits per heavy atom. The Morgan fingerprint density at radius 1 is 1.36 bits per heavy atom. The van der Waals surface area contributed by atoms with Crippen molar-refractivity contribution in [2.45, 2.75) is 6.42 Å². The lowest BCUT2D eigenvalue weighted by molar-refractivity contribution is 0.321. The molecule has 0 atom stereocenters. The van der Waals surface area contributed by atoms with Gasteiger partial charge < -0.3 is 10.1 Å². The Balaban J connectivity index is 2.33. The van der Waals surface area contributed by atoms with Crippen LogP contribution in [-0.4, -0.2) is 23.3 Å². The number of nitrogens with zero attached hydrogens (tertiary/aromatic N) is 2. The summed E-state index contributed by atoms with van der Waals surface area (Å²) in [6.07, 6.45) is 4.34. The van der Waals surface area contributed by atoms with E-state index in [0.717, 1.165) is 31.0 Å². The minimum absolute atomic E-state index is 0.756. The van der Waals surface area contributed by atoms with Gasteiger partial charge in [0.1, 0.15) is 0 Å². The molecule has 0 fully saturated rings. The third kappa shape index (κ3) is 1.24. The maximum Gasteiger partial charge on any atom is 0.164 e. The normalized spacial score (nSPS) is 15.6. The van der Waals surface area contributed by atoms with E-state index in [1.54, 1.807) is 12.4 Å². The summed E-state index contributed by atoms with van der Waals surface area (Å²) in [5.41, 5.74) is 0.942. The van der Waals surface area contributed by atoms with Gasteiger partial charge in [0.15, 0.2) is 5.75 Å². The zero-order chi connectivity index (χ0) is 7.52. The predicted octanol–water partition coefficient (Wildman–Crippen LogP) is 0.671. The fourth-order valence-corrected chi connectivity index (χ4v) is 1.04. The zero-order valence-electron chi connectivity index (χ0n) is 6.08. The van der Waals surface area contributed by atoms with Crippen LogP contribution in [-0.2, 0) is 0 Å². The zero-order valence-corrected chi connectivity index (χ0v) is 6.08. The first-order valence-corrected chi connectivity index (χ1v) is 3.64. The van der Waals surface area contributed by atoms with Crippen molar-refractivity contribution in [3.8, 4) is 5.75 Å². The molecule has 0 saturated heterocycles. The van der Waals surface area contributed by atoms with E-state index in [-0.39, 0.29) is 0 Å². The molecule has 2 rings (SSSR count). The van der Waals surface area contributed by atoms with Gasteiger partial charge in [-0.05, 0) is 6.42 Å². The second kappa shape index (κ2) is 2.74. The van der Waals surface area contributed by atoms with E-state index >= 15 is 0 Å². The number of rotatable bonds is 0. The summed E-state index contributed by atoms with van der Waals surface area (Å²) in [5.74, 6) is 0.803. The highest BCUT2D eigenvalue weighted by Crippen LogP contribution is 2.22. The number of aromatic nitrogens is 2. The van der Waals surface area contributed by atoms with E-state index < -0.39 is 0 Å². The maximum atomic E-state index is 5.38. The van der Waals surface area contributed by atoms with Crippen molar-refractivity contribution >= 4 is 5.69 Å². The first-order chi connectivity index (χ1) is 5.47. The van der Waals surface area contributed by atoms with E-state index in [4.69, 9.17) is 4.74 Å². The molecule has 4 nitrogen and oxygen atoms in total. The van der Waals surface area contributed by atoms with Crippen molar-refractivity contribution in [2.24, 2.45) is 0 Å². The Hall–Kier alpha value is -1.32. The molecule has 0 unspecified atom stereocenters. The number of nitrogens with one attached hydrogen (secondary N) is 1. The van der Waals surface area contributed by atoms with Gasteiger partial charge in [-0.15, -0.1) is 0 Å². The molecule has 11 heavy (non-hydrogen) atoms. The number of hydrogen-bond donors (Lipinski definition) is 1. The molecule has 1 N–H and O–H groups in total. The molecular weight excluding hydrogens is 142 g/mol. The summed E-state index contributed by atoms with van der Waals surface area (Å²) in [7, 11) is 0. The van der Waals surface area contributed by atoms with Crippen LogP contribution in [0.25, 0.3) is 0 Å². The minimum Gasteiger partial charge on any atom is -0.490 e. The van der Waals surface area contributed by atoms with Crippen molar-refractivity contribution in [1.29, 1.82) is 0 Å². The number of anilines is 1. The molecule has 4 heteroatoms. The van der Waals surface area contributed by atoms with Gasteiger partial charge in [0.05, 0.1) is 24.7 Å². The van der Waals surface area contributed by atoms with Crippen LogP contribution in [0.3, 0.4) is 0 Å². The summed E-state index contributed by atoms with van der Waals surface area (Å²) in [4.78, 5) is 0. The number of hydrogen-bond acceptors (Lipinski definition) is 4. The molecule has 1 aliphatic rings. The Bertz CT molecular complexity index is 226. The first kappa shape index (κ1) is 6.39. The third-order valence-electron chi connectivity index (χ3n) is 1.59. The molecule has 1 aromatic heterocycles. The molecule has 0 aromatic carbocycles. The van der Waals surface area contributed by atoms with Crippen LogP contribution in [0.4, 0.5) is 5.69 Å². The Morgan fingerprint density at radius 3 is 3.27 bits per heavy atom. The first-order valence-electron chi connectivity index (χ1n) is 3.64. The SMILES string of the molecule is c1nncc2c1NCCCO2. The van der Waals surface area contributed by atoms with Gasteiger partial charge in [-0.3, -0.25) is 0 Å². The van der Waals surface area contributed by atoms with Gasteiger partial charge in [0, 0.05) is 6.54 Å². The van der Waals surface area contributed by atoms with Crippen molar-refractivity contribution in [2.75, 3.05) is 18.5 Å². The fourth-order valence-electron chi connectivity index (χ4n) is 1.04. The van der Waals surface area contributed by atoms with Crippen LogP contribution in [0, 0.1) is 0 Å². The minimum atomic E-state index is 0.756. The van der Waals surface area contributed by atoms with Gasteiger partial charge >= 0.3 is 0 Å². The third-order valence-corrected chi connectivity index (χ3v) is 1.59. The maximum absolute atomic E-state index is 5.38. The molecule has 0 amide bonds. The van der Waals surface area contributed by atoms with Crippen LogP contribution in [0.2, 0.25) is 0 Å². The van der Waals surface area contributed by atoms with E-state index in [2.05, 4.69) is 15.5 Å². The topological polar surface area (TPSA) is 47.0 Å². The molecule has 0 radical (unpaired) electrons. The second-order valence-electron chi connectivity index (χ2n) is 2.40. The van der Waals surface area contributed by atoms with Crippen LogP contribution in [0.1, 0.15) is 6.42 Å². The van der Waals surface area contributed by atoms with Gasteiger partial charge in [0.2, 0.25) is 0 Å². The Labute approximate surface area is 64.6 Å². The van der Waals surface area contributed by atoms with Gasteiger partial charge in [-0.1, -0.05) is 0 Å². The monoisotopic (exact) mass is 151 g/mol. The fraction of sp³-hybridized carbons (Fsp3) is 0.429. The second-order valence-corrected chi connectivity index (χ2v) is 2.40. The van der Waals surface area contributed by atoms with E-state index in [0.29, 0.717) is 0 Å². The molecular formula is C7H9N3O. The lowest BCUT2D eigenvalue weighted by Crippen LogP contribution is -2.00. The molecule has 0 saturated carbocycles. The molecule has 0 spiro atoms. The van der Waals surface area contributed by atoms with Crippen LogP contribution in [0.15, 0.2) is 12.4 Å². The van der Waals surface area contributed by atoms with Crippen molar-refractivity contribution in [3.05, 3.63) is 12.4 Å². The lowest BCUT2D eigenvalue weighted by atomic mass is 10.4. The summed E-state index contributed by atoms with van der Waals surface area (Å²) in [5, 5.41) is 10.7. The standard InChI is InChI=1S/C7H9N3O/c1-2-8-6-4-9-10-5-7(6)11-3-1/h4-5,8H,1-3H2. The van der Waals surface area contributed by atoms with Gasteiger partial charge in [0.25, 0.3) is 0 Å². The molecule has 2 heterocycles. The molecule has 58 valence electrons. The van der Waals surface area contributed by atoms with Gasteiger partial charge in [-0.25, -0.2) is 0 Å². The molecule has 0 bridgehead atoms. The van der Waals surface area contributed by atoms with Crippen LogP contribution >= 0.6 is 0 Å². The van der Waals surface area contributed by atoms with Crippen molar-refractivity contribution in [3.63, 3.8) is 0 Å². The van der Waals surface area contributed by atoms with Gasteiger partial charge in [-0.2, -0.15) is 10.2 Å². The average molecular weight is 151 g/mol. The summed E-state index contributed by atoms with van der Waals surface area (Å²) in [6, 6.07) is 0. The van der Waals surface area contributed by atoms with E-state index in [9.17, 15) is 0 Å².